The van der Waals surface area contributed by atoms with Crippen molar-refractivity contribution in [1.29, 1.82) is 0 Å². The van der Waals surface area contributed by atoms with Crippen LogP contribution in [0.1, 0.15) is 17.1 Å². The first-order chi connectivity index (χ1) is 8.84. The van der Waals surface area contributed by atoms with Gasteiger partial charge in [0.25, 0.3) is 0 Å². The molecule has 4 nitrogen and oxygen atoms in total. The van der Waals surface area contributed by atoms with Gasteiger partial charge < -0.3 is 14.1 Å². The van der Waals surface area contributed by atoms with E-state index in [0.717, 1.165) is 30.2 Å². The lowest BCUT2D eigenvalue weighted by Crippen LogP contribution is -2.14. The standard InChI is InChI=1S/C14H15N3O/c1-11-13(10-15-9-12-5-4-8-18-12)17-7-3-2-6-14(17)16-11/h2-8,15H,9-10H2,1H3. The van der Waals surface area contributed by atoms with Crippen LogP contribution >= 0.6 is 0 Å². The van der Waals surface area contributed by atoms with Crippen molar-refractivity contribution in [2.24, 2.45) is 0 Å². The summed E-state index contributed by atoms with van der Waals surface area (Å²) in [5.74, 6) is 0.946. The molecule has 0 spiro atoms. The van der Waals surface area contributed by atoms with Crippen molar-refractivity contribution >= 4 is 5.65 Å². The molecule has 18 heavy (non-hydrogen) atoms. The van der Waals surface area contributed by atoms with Gasteiger partial charge in [0.2, 0.25) is 0 Å². The highest BCUT2D eigenvalue weighted by Crippen LogP contribution is 2.11. The molecule has 3 heterocycles. The summed E-state index contributed by atoms with van der Waals surface area (Å²) in [7, 11) is 0. The monoisotopic (exact) mass is 241 g/mol. The Morgan fingerprint density at radius 2 is 2.17 bits per heavy atom. The SMILES string of the molecule is Cc1nc2ccccn2c1CNCc1ccco1. The summed E-state index contributed by atoms with van der Waals surface area (Å²) in [6, 6.07) is 9.90. The quantitative estimate of drug-likeness (QED) is 0.763. The van der Waals surface area contributed by atoms with Gasteiger partial charge in [-0.3, -0.25) is 0 Å². The molecule has 0 saturated carbocycles. The molecule has 3 aromatic rings. The lowest BCUT2D eigenvalue weighted by atomic mass is 10.3. The van der Waals surface area contributed by atoms with Crippen LogP contribution in [0.4, 0.5) is 0 Å². The Kier molecular flexibility index (Phi) is 2.86. The minimum absolute atomic E-state index is 0.729. The van der Waals surface area contributed by atoms with Crippen molar-refractivity contribution in [1.82, 2.24) is 14.7 Å². The molecule has 0 aromatic carbocycles. The van der Waals surface area contributed by atoms with Gasteiger partial charge in [0.15, 0.2) is 0 Å². The molecule has 0 aliphatic rings. The molecule has 0 aliphatic carbocycles. The number of rotatable bonds is 4. The smallest absolute Gasteiger partial charge is 0.137 e. The summed E-state index contributed by atoms with van der Waals surface area (Å²) in [6.45, 7) is 3.54. The summed E-state index contributed by atoms with van der Waals surface area (Å²) in [5.41, 5.74) is 3.25. The molecule has 0 aliphatic heterocycles. The van der Waals surface area contributed by atoms with Crippen molar-refractivity contribution in [3.8, 4) is 0 Å². The maximum Gasteiger partial charge on any atom is 0.137 e. The zero-order chi connectivity index (χ0) is 12.4. The number of furan rings is 1. The second-order valence-electron chi connectivity index (χ2n) is 4.26. The Labute approximate surface area is 105 Å². The second-order valence-corrected chi connectivity index (χ2v) is 4.26. The first-order valence-electron chi connectivity index (χ1n) is 6.00. The van der Waals surface area contributed by atoms with E-state index >= 15 is 0 Å². The van der Waals surface area contributed by atoms with Crippen molar-refractivity contribution in [3.05, 3.63) is 59.9 Å². The number of pyridine rings is 1. The number of hydrogen-bond acceptors (Lipinski definition) is 3. The van der Waals surface area contributed by atoms with Crippen LogP contribution in [0.5, 0.6) is 0 Å². The topological polar surface area (TPSA) is 42.5 Å². The minimum Gasteiger partial charge on any atom is -0.468 e. The van der Waals surface area contributed by atoms with E-state index in [1.165, 1.54) is 5.69 Å². The highest BCUT2D eigenvalue weighted by Gasteiger charge is 2.07. The molecule has 0 amide bonds. The van der Waals surface area contributed by atoms with Crippen molar-refractivity contribution in [3.63, 3.8) is 0 Å². The van der Waals surface area contributed by atoms with Gasteiger partial charge in [-0.1, -0.05) is 6.07 Å². The van der Waals surface area contributed by atoms with Crippen LogP contribution in [0.3, 0.4) is 0 Å². The van der Waals surface area contributed by atoms with E-state index in [9.17, 15) is 0 Å². The summed E-state index contributed by atoms with van der Waals surface area (Å²) >= 11 is 0. The number of nitrogens with one attached hydrogen (secondary N) is 1. The molecule has 4 heteroatoms. The molecule has 1 N–H and O–H groups in total. The van der Waals surface area contributed by atoms with Gasteiger partial charge in [-0.05, 0) is 31.2 Å². The third-order valence-electron chi connectivity index (χ3n) is 3.00. The number of aromatic nitrogens is 2. The van der Waals surface area contributed by atoms with Crippen molar-refractivity contribution in [2.45, 2.75) is 20.0 Å². The lowest BCUT2D eigenvalue weighted by Gasteiger charge is -2.04. The fraction of sp³-hybridized carbons (Fsp3) is 0.214. The first-order valence-corrected chi connectivity index (χ1v) is 6.00. The average molecular weight is 241 g/mol. The summed E-state index contributed by atoms with van der Waals surface area (Å²) in [4.78, 5) is 4.53. The molecule has 92 valence electrons. The van der Waals surface area contributed by atoms with Gasteiger partial charge in [-0.25, -0.2) is 4.98 Å². The van der Waals surface area contributed by atoms with E-state index in [-0.39, 0.29) is 0 Å². The van der Waals surface area contributed by atoms with E-state index in [1.807, 2.05) is 43.5 Å². The van der Waals surface area contributed by atoms with E-state index < -0.39 is 0 Å². The van der Waals surface area contributed by atoms with Crippen LogP contribution in [-0.2, 0) is 13.1 Å². The molecule has 0 bridgehead atoms. The number of aryl methyl sites for hydroxylation is 1. The zero-order valence-electron chi connectivity index (χ0n) is 10.3. The highest BCUT2D eigenvalue weighted by molar-refractivity contribution is 5.42. The van der Waals surface area contributed by atoms with Crippen LogP contribution in [0.2, 0.25) is 0 Å². The first kappa shape index (κ1) is 11.0. The zero-order valence-corrected chi connectivity index (χ0v) is 10.3. The number of nitrogens with zero attached hydrogens (tertiary/aromatic N) is 2. The molecule has 3 aromatic heterocycles. The average Bonchev–Trinajstić information content (AvgIpc) is 2.98. The Morgan fingerprint density at radius 1 is 1.22 bits per heavy atom. The van der Waals surface area contributed by atoms with Gasteiger partial charge in [-0.2, -0.15) is 0 Å². The van der Waals surface area contributed by atoms with Crippen molar-refractivity contribution < 1.29 is 4.42 Å². The maximum absolute atomic E-state index is 5.29. The minimum atomic E-state index is 0.729. The van der Waals surface area contributed by atoms with Crippen LogP contribution in [-0.4, -0.2) is 9.38 Å². The summed E-state index contributed by atoms with van der Waals surface area (Å²) < 4.78 is 7.40. The van der Waals surface area contributed by atoms with Gasteiger partial charge >= 0.3 is 0 Å². The van der Waals surface area contributed by atoms with Crippen molar-refractivity contribution in [2.75, 3.05) is 0 Å². The molecular formula is C14H15N3O. The van der Waals surface area contributed by atoms with E-state index in [1.54, 1.807) is 6.26 Å². The van der Waals surface area contributed by atoms with Crippen LogP contribution < -0.4 is 5.32 Å². The molecule has 3 rings (SSSR count). The largest absolute Gasteiger partial charge is 0.468 e. The van der Waals surface area contributed by atoms with Crippen LogP contribution in [0.15, 0.2) is 47.2 Å². The Hall–Kier alpha value is -2.07. The van der Waals surface area contributed by atoms with E-state index in [4.69, 9.17) is 4.42 Å². The molecule has 0 saturated heterocycles. The van der Waals surface area contributed by atoms with Gasteiger partial charge in [-0.15, -0.1) is 0 Å². The number of hydrogen-bond donors (Lipinski definition) is 1. The normalized spacial score (nSPS) is 11.2. The Bertz CT molecular complexity index is 640. The third kappa shape index (κ3) is 2.02. The van der Waals surface area contributed by atoms with Gasteiger partial charge in [0.1, 0.15) is 11.4 Å². The lowest BCUT2D eigenvalue weighted by molar-refractivity contribution is 0.481. The molecule has 0 radical (unpaired) electrons. The summed E-state index contributed by atoms with van der Waals surface area (Å²) in [6.07, 6.45) is 3.73. The fourth-order valence-electron chi connectivity index (χ4n) is 2.09. The number of imidazole rings is 1. The van der Waals surface area contributed by atoms with Gasteiger partial charge in [0.05, 0.1) is 24.2 Å². The van der Waals surface area contributed by atoms with E-state index in [2.05, 4.69) is 14.7 Å². The molecule has 0 fully saturated rings. The molecule has 0 atom stereocenters. The van der Waals surface area contributed by atoms with E-state index in [0.29, 0.717) is 0 Å². The van der Waals surface area contributed by atoms with Gasteiger partial charge in [0, 0.05) is 12.7 Å². The predicted molar refractivity (Wildman–Crippen MR) is 69.2 cm³/mol. The third-order valence-corrected chi connectivity index (χ3v) is 3.00. The Morgan fingerprint density at radius 3 is 3.00 bits per heavy atom. The maximum atomic E-state index is 5.29. The second kappa shape index (κ2) is 4.66. The molecular weight excluding hydrogens is 226 g/mol. The molecule has 0 unspecified atom stereocenters. The van der Waals surface area contributed by atoms with Crippen LogP contribution in [0.25, 0.3) is 5.65 Å². The predicted octanol–water partition coefficient (Wildman–Crippen LogP) is 2.53. The van der Waals surface area contributed by atoms with Crippen LogP contribution in [0, 0.1) is 6.92 Å². The summed E-state index contributed by atoms with van der Waals surface area (Å²) in [5, 5.41) is 3.37. The fourth-order valence-corrected chi connectivity index (χ4v) is 2.09. The Balaban J connectivity index is 1.76. The highest BCUT2D eigenvalue weighted by atomic mass is 16.3. The number of fused-ring (bicyclic) bond motifs is 1.